The first-order valence-electron chi connectivity index (χ1n) is 5.34. The Morgan fingerprint density at radius 2 is 2.28 bits per heavy atom. The SMILES string of the molecule is COCCn1ncc(Cl)c1C(N)c1ccc(Cl)o1. The molecule has 1 atom stereocenters. The van der Waals surface area contributed by atoms with E-state index in [0.717, 1.165) is 0 Å². The predicted octanol–water partition coefficient (Wildman–Crippen LogP) is 2.48. The molecule has 2 heterocycles. The minimum Gasteiger partial charge on any atom is -0.448 e. The van der Waals surface area contributed by atoms with Gasteiger partial charge >= 0.3 is 0 Å². The van der Waals surface area contributed by atoms with Gasteiger partial charge in [0.05, 0.1) is 30.1 Å². The fraction of sp³-hybridized carbons (Fsp3) is 0.364. The molecular weight excluding hydrogens is 277 g/mol. The molecule has 98 valence electrons. The number of rotatable bonds is 5. The molecule has 1 unspecified atom stereocenters. The molecule has 0 bridgehead atoms. The van der Waals surface area contributed by atoms with E-state index >= 15 is 0 Å². The van der Waals surface area contributed by atoms with E-state index in [1.807, 2.05) is 0 Å². The Hall–Kier alpha value is -1.01. The summed E-state index contributed by atoms with van der Waals surface area (Å²) < 4.78 is 12.0. The van der Waals surface area contributed by atoms with Gasteiger partial charge in [0.1, 0.15) is 11.8 Å². The number of nitrogens with zero attached hydrogens (tertiary/aromatic N) is 2. The minimum atomic E-state index is -0.510. The highest BCUT2D eigenvalue weighted by atomic mass is 35.5. The van der Waals surface area contributed by atoms with Gasteiger partial charge in [-0.05, 0) is 23.7 Å². The lowest BCUT2D eigenvalue weighted by Gasteiger charge is -2.12. The van der Waals surface area contributed by atoms with E-state index in [-0.39, 0.29) is 0 Å². The number of hydrogen-bond acceptors (Lipinski definition) is 4. The molecule has 0 saturated heterocycles. The molecular formula is C11H13Cl2N3O2. The summed E-state index contributed by atoms with van der Waals surface area (Å²) in [4.78, 5) is 0. The molecule has 0 fully saturated rings. The van der Waals surface area contributed by atoms with Crippen LogP contribution in [0.1, 0.15) is 17.5 Å². The summed E-state index contributed by atoms with van der Waals surface area (Å²) in [5, 5.41) is 4.94. The van der Waals surface area contributed by atoms with E-state index in [2.05, 4.69) is 5.10 Å². The Labute approximate surface area is 114 Å². The van der Waals surface area contributed by atoms with Crippen LogP contribution >= 0.6 is 23.2 Å². The van der Waals surface area contributed by atoms with Crippen LogP contribution < -0.4 is 5.73 Å². The second-order valence-electron chi connectivity index (χ2n) is 3.71. The van der Waals surface area contributed by atoms with Gasteiger partial charge < -0.3 is 14.9 Å². The molecule has 0 aliphatic rings. The van der Waals surface area contributed by atoms with Crippen LogP contribution in [0.2, 0.25) is 10.2 Å². The molecule has 2 rings (SSSR count). The van der Waals surface area contributed by atoms with E-state index in [9.17, 15) is 0 Å². The van der Waals surface area contributed by atoms with E-state index in [0.29, 0.717) is 34.8 Å². The number of methoxy groups -OCH3 is 1. The van der Waals surface area contributed by atoms with E-state index in [4.69, 9.17) is 38.1 Å². The van der Waals surface area contributed by atoms with Crippen LogP contribution in [0, 0.1) is 0 Å². The van der Waals surface area contributed by atoms with Crippen molar-refractivity contribution in [1.82, 2.24) is 9.78 Å². The standard InChI is InChI=1S/C11H13Cl2N3O2/c1-17-5-4-16-11(7(12)6-15-16)10(14)8-2-3-9(13)18-8/h2-3,6,10H,4-5,14H2,1H3. The van der Waals surface area contributed by atoms with Crippen molar-refractivity contribution >= 4 is 23.2 Å². The summed E-state index contributed by atoms with van der Waals surface area (Å²) in [7, 11) is 1.62. The molecule has 0 radical (unpaired) electrons. The van der Waals surface area contributed by atoms with Crippen LogP contribution in [0.4, 0.5) is 0 Å². The molecule has 0 spiro atoms. The molecule has 18 heavy (non-hydrogen) atoms. The Morgan fingerprint density at radius 3 is 2.89 bits per heavy atom. The van der Waals surface area contributed by atoms with Crippen LogP contribution in [0.3, 0.4) is 0 Å². The summed E-state index contributed by atoms with van der Waals surface area (Å²) in [6, 6.07) is 2.85. The summed E-state index contributed by atoms with van der Waals surface area (Å²) >= 11 is 11.8. The van der Waals surface area contributed by atoms with E-state index in [1.54, 1.807) is 30.1 Å². The fourth-order valence-electron chi connectivity index (χ4n) is 1.67. The maximum absolute atomic E-state index is 6.11. The highest BCUT2D eigenvalue weighted by molar-refractivity contribution is 6.31. The average molecular weight is 290 g/mol. The number of aromatic nitrogens is 2. The van der Waals surface area contributed by atoms with Gasteiger partial charge in [0.15, 0.2) is 5.22 Å². The number of nitrogens with two attached hydrogens (primary N) is 1. The Balaban J connectivity index is 2.28. The third-order valence-corrected chi connectivity index (χ3v) is 3.03. The van der Waals surface area contributed by atoms with E-state index < -0.39 is 6.04 Å². The molecule has 2 N–H and O–H groups in total. The van der Waals surface area contributed by atoms with Gasteiger partial charge in [-0.25, -0.2) is 0 Å². The average Bonchev–Trinajstić information content (AvgIpc) is 2.92. The maximum atomic E-state index is 6.11. The number of halogens is 2. The van der Waals surface area contributed by atoms with Crippen molar-refractivity contribution in [3.05, 3.63) is 40.0 Å². The van der Waals surface area contributed by atoms with Crippen molar-refractivity contribution < 1.29 is 9.15 Å². The van der Waals surface area contributed by atoms with Crippen LogP contribution in [0.15, 0.2) is 22.7 Å². The third kappa shape index (κ3) is 2.70. The molecule has 0 amide bonds. The van der Waals surface area contributed by atoms with Crippen molar-refractivity contribution in [2.45, 2.75) is 12.6 Å². The zero-order valence-electron chi connectivity index (χ0n) is 9.77. The van der Waals surface area contributed by atoms with Gasteiger partial charge in [-0.1, -0.05) is 11.6 Å². The van der Waals surface area contributed by atoms with Gasteiger partial charge in [-0.2, -0.15) is 5.10 Å². The van der Waals surface area contributed by atoms with Crippen molar-refractivity contribution in [1.29, 1.82) is 0 Å². The van der Waals surface area contributed by atoms with Crippen LogP contribution in [0.5, 0.6) is 0 Å². The fourth-order valence-corrected chi connectivity index (χ4v) is 2.08. The molecule has 2 aromatic heterocycles. The lowest BCUT2D eigenvalue weighted by atomic mass is 10.1. The first-order valence-corrected chi connectivity index (χ1v) is 6.10. The van der Waals surface area contributed by atoms with Crippen molar-refractivity contribution in [2.24, 2.45) is 5.73 Å². The van der Waals surface area contributed by atoms with Gasteiger partial charge in [-0.3, -0.25) is 4.68 Å². The minimum absolute atomic E-state index is 0.291. The number of furan rings is 1. The highest BCUT2D eigenvalue weighted by Gasteiger charge is 2.21. The molecule has 2 aromatic rings. The summed E-state index contributed by atoms with van der Waals surface area (Å²) in [6.45, 7) is 1.09. The van der Waals surface area contributed by atoms with E-state index in [1.165, 1.54) is 0 Å². The highest BCUT2D eigenvalue weighted by Crippen LogP contribution is 2.28. The normalized spacial score (nSPS) is 12.9. The van der Waals surface area contributed by atoms with Crippen LogP contribution in [-0.4, -0.2) is 23.5 Å². The quantitative estimate of drug-likeness (QED) is 0.918. The number of ether oxygens (including phenoxy) is 1. The Kier molecular flexibility index (Phi) is 4.29. The molecule has 0 aliphatic carbocycles. The first kappa shape index (κ1) is 13.4. The Morgan fingerprint density at radius 1 is 1.50 bits per heavy atom. The molecule has 7 heteroatoms. The lowest BCUT2D eigenvalue weighted by Crippen LogP contribution is -2.19. The topological polar surface area (TPSA) is 66.2 Å². The zero-order valence-corrected chi connectivity index (χ0v) is 11.3. The smallest absolute Gasteiger partial charge is 0.193 e. The van der Waals surface area contributed by atoms with Gasteiger partial charge in [0.2, 0.25) is 0 Å². The monoisotopic (exact) mass is 289 g/mol. The van der Waals surface area contributed by atoms with Gasteiger partial charge in [0.25, 0.3) is 0 Å². The molecule has 0 saturated carbocycles. The number of hydrogen-bond donors (Lipinski definition) is 1. The van der Waals surface area contributed by atoms with Crippen molar-refractivity contribution in [2.75, 3.05) is 13.7 Å². The second-order valence-corrected chi connectivity index (χ2v) is 4.49. The van der Waals surface area contributed by atoms with Crippen LogP contribution in [-0.2, 0) is 11.3 Å². The maximum Gasteiger partial charge on any atom is 0.193 e. The van der Waals surface area contributed by atoms with Crippen LogP contribution in [0.25, 0.3) is 0 Å². The summed E-state index contributed by atoms with van der Waals surface area (Å²) in [5.74, 6) is 0.543. The molecule has 5 nitrogen and oxygen atoms in total. The van der Waals surface area contributed by atoms with Crippen molar-refractivity contribution in [3.63, 3.8) is 0 Å². The third-order valence-electron chi connectivity index (χ3n) is 2.54. The Bertz CT molecular complexity index is 524. The molecule has 0 aromatic carbocycles. The second kappa shape index (κ2) is 5.75. The predicted molar refractivity (Wildman–Crippen MR) is 68.9 cm³/mol. The first-order chi connectivity index (χ1) is 8.63. The van der Waals surface area contributed by atoms with Crippen molar-refractivity contribution in [3.8, 4) is 0 Å². The summed E-state index contributed by atoms with van der Waals surface area (Å²) in [6.07, 6.45) is 1.55. The zero-order chi connectivity index (χ0) is 13.1. The largest absolute Gasteiger partial charge is 0.448 e. The van der Waals surface area contributed by atoms with Gasteiger partial charge in [0, 0.05) is 7.11 Å². The molecule has 0 aliphatic heterocycles. The summed E-state index contributed by atoms with van der Waals surface area (Å²) in [5.41, 5.74) is 6.79. The lowest BCUT2D eigenvalue weighted by molar-refractivity contribution is 0.182. The van der Waals surface area contributed by atoms with Gasteiger partial charge in [-0.15, -0.1) is 0 Å².